The van der Waals surface area contributed by atoms with Crippen molar-refractivity contribution in [1.29, 1.82) is 0 Å². The van der Waals surface area contributed by atoms with Crippen LogP contribution < -0.4 is 5.73 Å². The van der Waals surface area contributed by atoms with Gasteiger partial charge in [-0.2, -0.15) is 0 Å². The summed E-state index contributed by atoms with van der Waals surface area (Å²) in [6, 6.07) is 4.95. The van der Waals surface area contributed by atoms with Crippen LogP contribution in [-0.2, 0) is 12.8 Å². The summed E-state index contributed by atoms with van der Waals surface area (Å²) in [5.74, 6) is -0.253. The molecule has 1 aromatic carbocycles. The van der Waals surface area contributed by atoms with Gasteiger partial charge in [-0.1, -0.05) is 12.1 Å². The molecule has 0 saturated heterocycles. The predicted molar refractivity (Wildman–Crippen MR) is 54.5 cm³/mol. The van der Waals surface area contributed by atoms with Crippen LogP contribution in [0.2, 0.25) is 0 Å². The first-order valence-electron chi connectivity index (χ1n) is 4.78. The van der Waals surface area contributed by atoms with E-state index in [0.29, 0.717) is 18.4 Å². The highest BCUT2D eigenvalue weighted by Crippen LogP contribution is 2.15. The standard InChI is InChI=1S/C11H16FNO/c1-8(13)7-9-3-2-4-11(12)10(9)5-6-14/h2-4,8,14H,5-7,13H2,1H3/t8-/m0/s1. The number of hydrogen-bond donors (Lipinski definition) is 2. The minimum Gasteiger partial charge on any atom is -0.396 e. The highest BCUT2D eigenvalue weighted by Gasteiger charge is 2.08. The lowest BCUT2D eigenvalue weighted by Crippen LogP contribution is -2.19. The van der Waals surface area contributed by atoms with Crippen LogP contribution >= 0.6 is 0 Å². The number of benzene rings is 1. The molecule has 3 N–H and O–H groups in total. The maximum atomic E-state index is 13.3. The fourth-order valence-electron chi connectivity index (χ4n) is 1.53. The van der Waals surface area contributed by atoms with Crippen molar-refractivity contribution >= 4 is 0 Å². The Bertz CT molecular complexity index is 299. The molecule has 0 aliphatic heterocycles. The smallest absolute Gasteiger partial charge is 0.126 e. The van der Waals surface area contributed by atoms with E-state index in [0.717, 1.165) is 5.56 Å². The molecule has 0 fully saturated rings. The first-order valence-corrected chi connectivity index (χ1v) is 4.78. The van der Waals surface area contributed by atoms with Crippen molar-refractivity contribution in [3.05, 3.63) is 35.1 Å². The number of aliphatic hydroxyl groups excluding tert-OH is 1. The topological polar surface area (TPSA) is 46.2 Å². The van der Waals surface area contributed by atoms with Crippen molar-refractivity contribution in [2.24, 2.45) is 5.73 Å². The third kappa shape index (κ3) is 2.79. The molecule has 0 heterocycles. The summed E-state index contributed by atoms with van der Waals surface area (Å²) < 4.78 is 13.3. The molecule has 14 heavy (non-hydrogen) atoms. The summed E-state index contributed by atoms with van der Waals surface area (Å²) in [4.78, 5) is 0. The molecule has 78 valence electrons. The average molecular weight is 197 g/mol. The van der Waals surface area contributed by atoms with Gasteiger partial charge < -0.3 is 10.8 Å². The molecule has 0 saturated carbocycles. The van der Waals surface area contributed by atoms with Crippen LogP contribution in [0.25, 0.3) is 0 Å². The molecule has 2 nitrogen and oxygen atoms in total. The zero-order chi connectivity index (χ0) is 10.6. The summed E-state index contributed by atoms with van der Waals surface area (Å²) in [6.07, 6.45) is 1.00. The number of nitrogens with two attached hydrogens (primary N) is 1. The monoisotopic (exact) mass is 197 g/mol. The molecule has 0 aromatic heterocycles. The second kappa shape index (κ2) is 5.08. The largest absolute Gasteiger partial charge is 0.396 e. The van der Waals surface area contributed by atoms with E-state index in [4.69, 9.17) is 10.8 Å². The van der Waals surface area contributed by atoms with Crippen molar-refractivity contribution in [3.8, 4) is 0 Å². The summed E-state index contributed by atoms with van der Waals surface area (Å²) in [7, 11) is 0. The van der Waals surface area contributed by atoms with E-state index < -0.39 is 0 Å². The average Bonchev–Trinajstić information content (AvgIpc) is 2.10. The second-order valence-corrected chi connectivity index (χ2v) is 3.53. The molecule has 0 radical (unpaired) electrons. The zero-order valence-corrected chi connectivity index (χ0v) is 8.33. The fraction of sp³-hybridized carbons (Fsp3) is 0.455. The maximum absolute atomic E-state index is 13.3. The minimum absolute atomic E-state index is 0.00856. The molecule has 0 spiro atoms. The minimum atomic E-state index is -0.253. The molecular formula is C11H16FNO. The van der Waals surface area contributed by atoms with Gasteiger partial charge in [-0.15, -0.1) is 0 Å². The lowest BCUT2D eigenvalue weighted by atomic mass is 9.99. The Morgan fingerprint density at radius 1 is 1.50 bits per heavy atom. The Kier molecular flexibility index (Phi) is 4.04. The van der Waals surface area contributed by atoms with E-state index in [1.54, 1.807) is 6.07 Å². The van der Waals surface area contributed by atoms with E-state index in [2.05, 4.69) is 0 Å². The van der Waals surface area contributed by atoms with Crippen molar-refractivity contribution in [3.63, 3.8) is 0 Å². The molecule has 1 rings (SSSR count). The Balaban J connectivity index is 2.95. The zero-order valence-electron chi connectivity index (χ0n) is 8.33. The highest BCUT2D eigenvalue weighted by molar-refractivity contribution is 5.29. The molecule has 0 amide bonds. The van der Waals surface area contributed by atoms with Crippen molar-refractivity contribution in [2.75, 3.05) is 6.61 Å². The quantitative estimate of drug-likeness (QED) is 0.763. The SMILES string of the molecule is C[C@H](N)Cc1cccc(F)c1CCO. The van der Waals surface area contributed by atoms with Crippen molar-refractivity contribution in [1.82, 2.24) is 0 Å². The summed E-state index contributed by atoms with van der Waals surface area (Å²) in [5.41, 5.74) is 7.14. The molecule has 0 unspecified atom stereocenters. The number of rotatable bonds is 4. The second-order valence-electron chi connectivity index (χ2n) is 3.53. The van der Waals surface area contributed by atoms with E-state index in [9.17, 15) is 4.39 Å². The third-order valence-corrected chi connectivity index (χ3v) is 2.12. The third-order valence-electron chi connectivity index (χ3n) is 2.12. The first kappa shape index (κ1) is 11.1. The summed E-state index contributed by atoms with van der Waals surface area (Å²) in [6.45, 7) is 1.85. The lowest BCUT2D eigenvalue weighted by Gasteiger charge is -2.11. The molecular weight excluding hydrogens is 181 g/mol. The van der Waals surface area contributed by atoms with E-state index in [-0.39, 0.29) is 18.5 Å². The van der Waals surface area contributed by atoms with Crippen LogP contribution in [0.3, 0.4) is 0 Å². The summed E-state index contributed by atoms with van der Waals surface area (Å²) in [5, 5.41) is 8.80. The van der Waals surface area contributed by atoms with Gasteiger partial charge in [-0.3, -0.25) is 0 Å². The van der Waals surface area contributed by atoms with Gasteiger partial charge in [-0.25, -0.2) is 4.39 Å². The van der Waals surface area contributed by atoms with Crippen molar-refractivity contribution in [2.45, 2.75) is 25.8 Å². The van der Waals surface area contributed by atoms with E-state index in [1.807, 2.05) is 13.0 Å². The predicted octanol–water partition coefficient (Wildman–Crippen LogP) is 1.25. The first-order chi connectivity index (χ1) is 6.65. The maximum Gasteiger partial charge on any atom is 0.126 e. The van der Waals surface area contributed by atoms with Gasteiger partial charge in [0.25, 0.3) is 0 Å². The van der Waals surface area contributed by atoms with Crippen LogP contribution in [0, 0.1) is 5.82 Å². The molecule has 0 aliphatic rings. The molecule has 1 atom stereocenters. The van der Waals surface area contributed by atoms with Crippen LogP contribution in [-0.4, -0.2) is 17.8 Å². The van der Waals surface area contributed by atoms with Crippen molar-refractivity contribution < 1.29 is 9.50 Å². The lowest BCUT2D eigenvalue weighted by molar-refractivity contribution is 0.297. The van der Waals surface area contributed by atoms with E-state index >= 15 is 0 Å². The Labute approximate surface area is 83.6 Å². The highest BCUT2D eigenvalue weighted by atomic mass is 19.1. The van der Waals surface area contributed by atoms with Gasteiger partial charge >= 0.3 is 0 Å². The number of aliphatic hydroxyl groups is 1. The van der Waals surface area contributed by atoms with Gasteiger partial charge in [-0.05, 0) is 37.0 Å². The van der Waals surface area contributed by atoms with Gasteiger partial charge in [0.15, 0.2) is 0 Å². The molecule has 0 aliphatic carbocycles. The van der Waals surface area contributed by atoms with Crippen LogP contribution in [0.4, 0.5) is 4.39 Å². The van der Waals surface area contributed by atoms with Gasteiger partial charge in [0.1, 0.15) is 5.82 Å². The van der Waals surface area contributed by atoms with Gasteiger partial charge in [0, 0.05) is 12.6 Å². The van der Waals surface area contributed by atoms with Gasteiger partial charge in [0.05, 0.1) is 0 Å². The molecule has 1 aromatic rings. The van der Waals surface area contributed by atoms with Crippen LogP contribution in [0.5, 0.6) is 0 Å². The Morgan fingerprint density at radius 3 is 2.79 bits per heavy atom. The molecule has 0 bridgehead atoms. The summed E-state index contributed by atoms with van der Waals surface area (Å²) >= 11 is 0. The van der Waals surface area contributed by atoms with Gasteiger partial charge in [0.2, 0.25) is 0 Å². The van der Waals surface area contributed by atoms with E-state index in [1.165, 1.54) is 6.07 Å². The Morgan fingerprint density at radius 2 is 2.21 bits per heavy atom. The number of hydrogen-bond acceptors (Lipinski definition) is 2. The van der Waals surface area contributed by atoms with Crippen LogP contribution in [0.15, 0.2) is 18.2 Å². The fourth-order valence-corrected chi connectivity index (χ4v) is 1.53. The molecule has 3 heteroatoms. The normalized spacial score (nSPS) is 12.9. The van der Waals surface area contributed by atoms with Crippen LogP contribution in [0.1, 0.15) is 18.1 Å². The Hall–Kier alpha value is -0.930. The number of halogens is 1.